The van der Waals surface area contributed by atoms with Crippen LogP contribution in [-0.4, -0.2) is 33.3 Å². The van der Waals surface area contributed by atoms with Crippen LogP contribution in [-0.2, 0) is 16.1 Å². The Balaban J connectivity index is 2.41. The van der Waals surface area contributed by atoms with E-state index in [4.69, 9.17) is 14.2 Å². The molecule has 0 fully saturated rings. The molecule has 106 valence electrons. The van der Waals surface area contributed by atoms with Gasteiger partial charge in [0.25, 0.3) is 0 Å². The van der Waals surface area contributed by atoms with Crippen molar-refractivity contribution < 1.29 is 19.0 Å². The zero-order valence-electron chi connectivity index (χ0n) is 11.7. The number of carbonyl (C=O) groups is 1. The van der Waals surface area contributed by atoms with Gasteiger partial charge in [-0.15, -0.1) is 0 Å². The summed E-state index contributed by atoms with van der Waals surface area (Å²) in [5.41, 5.74) is 1.00. The molecule has 0 amide bonds. The molecule has 0 aliphatic heterocycles. The summed E-state index contributed by atoms with van der Waals surface area (Å²) in [6, 6.07) is 5.64. The number of methoxy groups -OCH3 is 2. The average Bonchev–Trinajstić information content (AvgIpc) is 2.46. The van der Waals surface area contributed by atoms with Crippen LogP contribution < -0.4 is 14.8 Å². The highest BCUT2D eigenvalue weighted by molar-refractivity contribution is 5.68. The van der Waals surface area contributed by atoms with Crippen LogP contribution in [0.25, 0.3) is 0 Å². The van der Waals surface area contributed by atoms with Gasteiger partial charge in [-0.25, -0.2) is 0 Å². The van der Waals surface area contributed by atoms with E-state index in [9.17, 15) is 4.79 Å². The Kier molecular flexibility index (Phi) is 6.74. The summed E-state index contributed by atoms with van der Waals surface area (Å²) in [4.78, 5) is 10.9. The van der Waals surface area contributed by atoms with Gasteiger partial charge in [0.1, 0.15) is 18.1 Å². The van der Waals surface area contributed by atoms with Gasteiger partial charge in [-0.05, 0) is 18.2 Å². The first-order chi connectivity index (χ1) is 9.21. The number of nitrogens with one attached hydrogen (secondary N) is 1. The zero-order valence-corrected chi connectivity index (χ0v) is 11.7. The van der Waals surface area contributed by atoms with E-state index in [1.165, 1.54) is 0 Å². The molecule has 0 saturated carbocycles. The topological polar surface area (TPSA) is 56.8 Å². The van der Waals surface area contributed by atoms with Crippen LogP contribution in [0.1, 0.15) is 18.9 Å². The third-order valence-electron chi connectivity index (χ3n) is 2.63. The molecule has 0 aromatic heterocycles. The molecular weight excluding hydrogens is 246 g/mol. The molecule has 0 aliphatic rings. The minimum absolute atomic E-state index is 0.180. The van der Waals surface area contributed by atoms with Crippen molar-refractivity contribution in [2.24, 2.45) is 0 Å². The number of hydrogen-bond acceptors (Lipinski definition) is 5. The van der Waals surface area contributed by atoms with E-state index in [0.717, 1.165) is 17.1 Å². The van der Waals surface area contributed by atoms with Crippen LogP contribution >= 0.6 is 0 Å². The van der Waals surface area contributed by atoms with Gasteiger partial charge in [0, 0.05) is 25.1 Å². The van der Waals surface area contributed by atoms with Crippen molar-refractivity contribution in [3.63, 3.8) is 0 Å². The number of ether oxygens (including phenoxy) is 3. The molecule has 0 unspecified atom stereocenters. The maximum Gasteiger partial charge on any atom is 0.305 e. The monoisotopic (exact) mass is 267 g/mol. The van der Waals surface area contributed by atoms with Crippen LogP contribution in [0.3, 0.4) is 0 Å². The molecule has 0 bridgehead atoms. The van der Waals surface area contributed by atoms with Crippen LogP contribution in [0.2, 0.25) is 0 Å². The predicted molar refractivity (Wildman–Crippen MR) is 72.5 cm³/mol. The zero-order chi connectivity index (χ0) is 14.1. The molecule has 0 heterocycles. The summed E-state index contributed by atoms with van der Waals surface area (Å²) < 4.78 is 15.4. The molecule has 0 radical (unpaired) electrons. The first-order valence-corrected chi connectivity index (χ1v) is 6.28. The van der Waals surface area contributed by atoms with E-state index in [0.29, 0.717) is 26.1 Å². The number of hydrogen-bond donors (Lipinski definition) is 1. The summed E-state index contributed by atoms with van der Waals surface area (Å²) in [5, 5.41) is 3.19. The highest BCUT2D eigenvalue weighted by atomic mass is 16.5. The predicted octanol–water partition coefficient (Wildman–Crippen LogP) is 1.75. The Morgan fingerprint density at radius 1 is 1.26 bits per heavy atom. The molecule has 0 spiro atoms. The Morgan fingerprint density at radius 2 is 2.05 bits per heavy atom. The van der Waals surface area contributed by atoms with Crippen LogP contribution in [0.5, 0.6) is 11.5 Å². The fourth-order valence-electron chi connectivity index (χ4n) is 1.58. The average molecular weight is 267 g/mol. The van der Waals surface area contributed by atoms with E-state index in [1.54, 1.807) is 21.1 Å². The maximum atomic E-state index is 10.9. The van der Waals surface area contributed by atoms with Crippen molar-refractivity contribution in [1.82, 2.24) is 5.32 Å². The maximum absolute atomic E-state index is 10.9. The minimum Gasteiger partial charge on any atom is -0.497 e. The van der Waals surface area contributed by atoms with Crippen molar-refractivity contribution in [3.05, 3.63) is 23.8 Å². The molecule has 5 nitrogen and oxygen atoms in total. The molecule has 19 heavy (non-hydrogen) atoms. The van der Waals surface area contributed by atoms with Crippen molar-refractivity contribution in [3.8, 4) is 11.5 Å². The third-order valence-corrected chi connectivity index (χ3v) is 2.63. The summed E-state index contributed by atoms with van der Waals surface area (Å²) in [6.07, 6.45) is 0.406. The number of esters is 1. The lowest BCUT2D eigenvalue weighted by atomic mass is 10.2. The quantitative estimate of drug-likeness (QED) is 0.574. The smallest absolute Gasteiger partial charge is 0.305 e. The molecule has 0 saturated heterocycles. The van der Waals surface area contributed by atoms with Gasteiger partial charge in [0.05, 0.1) is 14.2 Å². The summed E-state index contributed by atoms with van der Waals surface area (Å²) >= 11 is 0. The van der Waals surface area contributed by atoms with Crippen molar-refractivity contribution in [2.45, 2.75) is 19.9 Å². The first kappa shape index (κ1) is 15.3. The van der Waals surface area contributed by atoms with E-state index in [-0.39, 0.29) is 5.97 Å². The van der Waals surface area contributed by atoms with Gasteiger partial charge >= 0.3 is 5.97 Å². The first-order valence-electron chi connectivity index (χ1n) is 6.28. The highest BCUT2D eigenvalue weighted by Gasteiger charge is 2.04. The Bertz CT molecular complexity index is 406. The number of rotatable bonds is 8. The second-order valence-corrected chi connectivity index (χ2v) is 3.93. The molecular formula is C14H21NO4. The van der Waals surface area contributed by atoms with Crippen LogP contribution in [0, 0.1) is 0 Å². The normalized spacial score (nSPS) is 10.1. The molecule has 0 aliphatic carbocycles. The Labute approximate surface area is 113 Å². The Morgan fingerprint density at radius 3 is 2.68 bits per heavy atom. The molecule has 1 aromatic carbocycles. The summed E-state index contributed by atoms with van der Waals surface area (Å²) in [6.45, 7) is 3.38. The largest absolute Gasteiger partial charge is 0.497 e. The highest BCUT2D eigenvalue weighted by Crippen LogP contribution is 2.23. The fraction of sp³-hybridized carbons (Fsp3) is 0.500. The number of carbonyl (C=O) groups excluding carboxylic acids is 1. The molecule has 0 atom stereocenters. The second-order valence-electron chi connectivity index (χ2n) is 3.93. The second kappa shape index (κ2) is 8.37. The van der Waals surface area contributed by atoms with Gasteiger partial charge in [-0.1, -0.05) is 6.92 Å². The SMILES string of the molecule is CCC(=O)OCCNCc1cc(OC)ccc1OC. The van der Waals surface area contributed by atoms with Gasteiger partial charge in [0.2, 0.25) is 0 Å². The molecule has 1 aromatic rings. The minimum atomic E-state index is -0.180. The van der Waals surface area contributed by atoms with Crippen LogP contribution in [0.4, 0.5) is 0 Å². The molecule has 5 heteroatoms. The van der Waals surface area contributed by atoms with E-state index in [1.807, 2.05) is 18.2 Å². The van der Waals surface area contributed by atoms with Gasteiger partial charge in [0.15, 0.2) is 0 Å². The van der Waals surface area contributed by atoms with E-state index >= 15 is 0 Å². The summed E-state index contributed by atoms with van der Waals surface area (Å²) in [7, 11) is 3.26. The standard InChI is InChI=1S/C14H21NO4/c1-4-14(16)19-8-7-15-10-11-9-12(17-2)5-6-13(11)18-3/h5-6,9,15H,4,7-8,10H2,1-3H3. The van der Waals surface area contributed by atoms with Crippen molar-refractivity contribution >= 4 is 5.97 Å². The van der Waals surface area contributed by atoms with E-state index in [2.05, 4.69) is 5.32 Å². The summed E-state index contributed by atoms with van der Waals surface area (Å²) in [5.74, 6) is 1.41. The number of benzene rings is 1. The van der Waals surface area contributed by atoms with Crippen molar-refractivity contribution in [1.29, 1.82) is 0 Å². The lowest BCUT2D eigenvalue weighted by molar-refractivity contribution is -0.143. The molecule has 1 N–H and O–H groups in total. The lowest BCUT2D eigenvalue weighted by Gasteiger charge is -2.11. The van der Waals surface area contributed by atoms with Gasteiger partial charge in [-0.2, -0.15) is 0 Å². The van der Waals surface area contributed by atoms with Crippen molar-refractivity contribution in [2.75, 3.05) is 27.4 Å². The van der Waals surface area contributed by atoms with E-state index < -0.39 is 0 Å². The third kappa shape index (κ3) is 5.18. The lowest BCUT2D eigenvalue weighted by Crippen LogP contribution is -2.21. The van der Waals surface area contributed by atoms with Gasteiger partial charge < -0.3 is 19.5 Å². The molecule has 1 rings (SSSR count). The van der Waals surface area contributed by atoms with Crippen LogP contribution in [0.15, 0.2) is 18.2 Å². The fourth-order valence-corrected chi connectivity index (χ4v) is 1.58. The Hall–Kier alpha value is -1.75. The van der Waals surface area contributed by atoms with Gasteiger partial charge in [-0.3, -0.25) is 4.79 Å².